The van der Waals surface area contributed by atoms with Crippen LogP contribution >= 0.6 is 0 Å². The van der Waals surface area contributed by atoms with Crippen LogP contribution in [0.4, 0.5) is 16.2 Å². The summed E-state index contributed by atoms with van der Waals surface area (Å²) in [5.74, 6) is 0.513. The standard InChI is InChI=1S/C24H25N3O3/c1-16-9-14-22(30-3)21(15-16)17(2)25-24(29)27-20-12-10-18(11-13-20)23(28)26-19-7-5-4-6-8-19/h4-15,17H,1-3H3,(H,26,28)(H2,25,27,29). The number of ether oxygens (including phenoxy) is 1. The molecule has 0 bridgehead atoms. The average Bonchev–Trinajstić information content (AvgIpc) is 2.74. The third-order valence-corrected chi connectivity index (χ3v) is 4.64. The van der Waals surface area contributed by atoms with Gasteiger partial charge in [-0.2, -0.15) is 0 Å². The molecule has 3 aromatic rings. The van der Waals surface area contributed by atoms with Crippen molar-refractivity contribution in [1.29, 1.82) is 0 Å². The fraction of sp³-hybridized carbons (Fsp3) is 0.167. The van der Waals surface area contributed by atoms with Gasteiger partial charge in [0.1, 0.15) is 5.75 Å². The molecule has 6 nitrogen and oxygen atoms in total. The molecule has 6 heteroatoms. The molecular formula is C24H25N3O3. The minimum absolute atomic E-state index is 0.211. The summed E-state index contributed by atoms with van der Waals surface area (Å²) in [6.45, 7) is 3.89. The Morgan fingerprint density at radius 1 is 0.867 bits per heavy atom. The molecule has 0 aliphatic carbocycles. The Labute approximate surface area is 176 Å². The lowest BCUT2D eigenvalue weighted by Crippen LogP contribution is -2.31. The maximum absolute atomic E-state index is 12.4. The maximum Gasteiger partial charge on any atom is 0.319 e. The normalized spacial score (nSPS) is 11.3. The van der Waals surface area contributed by atoms with Crippen LogP contribution in [0.5, 0.6) is 5.75 Å². The monoisotopic (exact) mass is 403 g/mol. The number of nitrogens with one attached hydrogen (secondary N) is 3. The number of amides is 3. The van der Waals surface area contributed by atoms with Crippen molar-refractivity contribution in [3.63, 3.8) is 0 Å². The number of para-hydroxylation sites is 1. The third-order valence-electron chi connectivity index (χ3n) is 4.64. The van der Waals surface area contributed by atoms with Gasteiger partial charge in [0, 0.05) is 22.5 Å². The Morgan fingerprint density at radius 3 is 2.20 bits per heavy atom. The second-order valence-corrected chi connectivity index (χ2v) is 6.96. The minimum Gasteiger partial charge on any atom is -0.496 e. The number of hydrogen-bond acceptors (Lipinski definition) is 3. The number of carbonyl (C=O) groups is 2. The molecular weight excluding hydrogens is 378 g/mol. The Bertz CT molecular complexity index is 1020. The van der Waals surface area contributed by atoms with Crippen molar-refractivity contribution >= 4 is 23.3 Å². The fourth-order valence-corrected chi connectivity index (χ4v) is 3.06. The SMILES string of the molecule is COc1ccc(C)cc1C(C)NC(=O)Nc1ccc(C(=O)Nc2ccccc2)cc1. The van der Waals surface area contributed by atoms with Crippen LogP contribution in [0, 0.1) is 6.92 Å². The summed E-state index contributed by atoms with van der Waals surface area (Å²) >= 11 is 0. The zero-order valence-corrected chi connectivity index (χ0v) is 17.2. The second kappa shape index (κ2) is 9.60. The van der Waals surface area contributed by atoms with Crippen LogP contribution in [-0.2, 0) is 0 Å². The van der Waals surface area contributed by atoms with E-state index < -0.39 is 0 Å². The first-order valence-corrected chi connectivity index (χ1v) is 9.65. The van der Waals surface area contributed by atoms with Crippen LogP contribution in [0.2, 0.25) is 0 Å². The van der Waals surface area contributed by atoms with E-state index in [0.717, 1.165) is 22.6 Å². The molecule has 1 atom stereocenters. The lowest BCUT2D eigenvalue weighted by molar-refractivity contribution is 0.102. The van der Waals surface area contributed by atoms with E-state index in [4.69, 9.17) is 4.74 Å². The van der Waals surface area contributed by atoms with Gasteiger partial charge in [0.25, 0.3) is 5.91 Å². The number of urea groups is 1. The summed E-state index contributed by atoms with van der Waals surface area (Å²) < 4.78 is 5.39. The van der Waals surface area contributed by atoms with Crippen molar-refractivity contribution in [3.05, 3.63) is 89.5 Å². The van der Waals surface area contributed by atoms with E-state index in [9.17, 15) is 9.59 Å². The van der Waals surface area contributed by atoms with Crippen LogP contribution in [-0.4, -0.2) is 19.0 Å². The summed E-state index contributed by atoms with van der Waals surface area (Å²) in [6, 6.07) is 21.2. The summed E-state index contributed by atoms with van der Waals surface area (Å²) in [5, 5.41) is 8.52. The van der Waals surface area contributed by atoms with Gasteiger partial charge in [-0.25, -0.2) is 4.79 Å². The zero-order valence-electron chi connectivity index (χ0n) is 17.2. The molecule has 0 saturated carbocycles. The predicted molar refractivity (Wildman–Crippen MR) is 119 cm³/mol. The van der Waals surface area contributed by atoms with Gasteiger partial charge in [-0.05, 0) is 56.3 Å². The van der Waals surface area contributed by atoms with Gasteiger partial charge < -0.3 is 20.7 Å². The molecule has 0 spiro atoms. The zero-order chi connectivity index (χ0) is 21.5. The van der Waals surface area contributed by atoms with E-state index in [0.29, 0.717) is 11.3 Å². The molecule has 3 N–H and O–H groups in total. The molecule has 154 valence electrons. The topological polar surface area (TPSA) is 79.5 Å². The predicted octanol–water partition coefficient (Wildman–Crippen LogP) is 5.14. The maximum atomic E-state index is 12.4. The molecule has 1 unspecified atom stereocenters. The highest BCUT2D eigenvalue weighted by Crippen LogP contribution is 2.26. The van der Waals surface area contributed by atoms with Crippen molar-refractivity contribution in [1.82, 2.24) is 5.32 Å². The summed E-state index contributed by atoms with van der Waals surface area (Å²) in [4.78, 5) is 24.7. The van der Waals surface area contributed by atoms with Crippen LogP contribution < -0.4 is 20.7 Å². The van der Waals surface area contributed by atoms with Crippen LogP contribution in [0.15, 0.2) is 72.8 Å². The number of rotatable bonds is 6. The quantitative estimate of drug-likeness (QED) is 0.533. The van der Waals surface area contributed by atoms with Crippen molar-refractivity contribution in [2.75, 3.05) is 17.7 Å². The molecule has 0 aliphatic rings. The molecule has 3 rings (SSSR count). The highest BCUT2D eigenvalue weighted by Gasteiger charge is 2.14. The van der Waals surface area contributed by atoms with Gasteiger partial charge in [-0.1, -0.05) is 35.9 Å². The number of carbonyl (C=O) groups excluding carboxylic acids is 2. The van der Waals surface area contributed by atoms with E-state index in [1.807, 2.05) is 62.4 Å². The average molecular weight is 403 g/mol. The van der Waals surface area contributed by atoms with Crippen LogP contribution in [0.25, 0.3) is 0 Å². The Morgan fingerprint density at radius 2 is 1.53 bits per heavy atom. The van der Waals surface area contributed by atoms with Crippen LogP contribution in [0.1, 0.15) is 34.5 Å². The van der Waals surface area contributed by atoms with E-state index in [1.54, 1.807) is 31.4 Å². The van der Waals surface area contributed by atoms with Gasteiger partial charge in [-0.15, -0.1) is 0 Å². The van der Waals surface area contributed by atoms with Crippen LogP contribution in [0.3, 0.4) is 0 Å². The molecule has 0 heterocycles. The highest BCUT2D eigenvalue weighted by molar-refractivity contribution is 6.04. The Balaban J connectivity index is 1.59. The van der Waals surface area contributed by atoms with E-state index in [-0.39, 0.29) is 18.0 Å². The molecule has 3 aromatic carbocycles. The number of hydrogen-bond donors (Lipinski definition) is 3. The highest BCUT2D eigenvalue weighted by atomic mass is 16.5. The number of methoxy groups -OCH3 is 1. The van der Waals surface area contributed by atoms with Gasteiger partial charge in [0.2, 0.25) is 0 Å². The molecule has 3 amide bonds. The van der Waals surface area contributed by atoms with Crippen molar-refractivity contribution in [3.8, 4) is 5.75 Å². The van der Waals surface area contributed by atoms with E-state index in [2.05, 4.69) is 16.0 Å². The van der Waals surface area contributed by atoms with Crippen molar-refractivity contribution < 1.29 is 14.3 Å². The first kappa shape index (κ1) is 20.9. The van der Waals surface area contributed by atoms with E-state index in [1.165, 1.54) is 0 Å². The second-order valence-electron chi connectivity index (χ2n) is 6.96. The fourth-order valence-electron chi connectivity index (χ4n) is 3.06. The summed E-state index contributed by atoms with van der Waals surface area (Å²) in [7, 11) is 1.61. The molecule has 0 fully saturated rings. The molecule has 0 radical (unpaired) electrons. The summed E-state index contributed by atoms with van der Waals surface area (Å²) in [5.41, 5.74) is 3.81. The smallest absolute Gasteiger partial charge is 0.319 e. The van der Waals surface area contributed by atoms with Gasteiger partial charge >= 0.3 is 6.03 Å². The van der Waals surface area contributed by atoms with Crippen molar-refractivity contribution in [2.45, 2.75) is 19.9 Å². The largest absolute Gasteiger partial charge is 0.496 e. The lowest BCUT2D eigenvalue weighted by atomic mass is 10.0. The third kappa shape index (κ3) is 5.38. The van der Waals surface area contributed by atoms with Gasteiger partial charge in [0.05, 0.1) is 13.2 Å². The van der Waals surface area contributed by atoms with Crippen molar-refractivity contribution in [2.24, 2.45) is 0 Å². The first-order valence-electron chi connectivity index (χ1n) is 9.65. The number of aryl methyl sites for hydroxylation is 1. The molecule has 0 aliphatic heterocycles. The van der Waals surface area contributed by atoms with Gasteiger partial charge in [-0.3, -0.25) is 4.79 Å². The number of benzene rings is 3. The molecule has 0 saturated heterocycles. The summed E-state index contributed by atoms with van der Waals surface area (Å²) in [6.07, 6.45) is 0. The first-order chi connectivity index (χ1) is 14.5. The molecule has 0 aromatic heterocycles. The molecule has 30 heavy (non-hydrogen) atoms. The lowest BCUT2D eigenvalue weighted by Gasteiger charge is -2.18. The minimum atomic E-state index is -0.340. The Kier molecular flexibility index (Phi) is 6.70. The Hall–Kier alpha value is -3.80. The van der Waals surface area contributed by atoms with E-state index >= 15 is 0 Å². The van der Waals surface area contributed by atoms with Gasteiger partial charge in [0.15, 0.2) is 0 Å². The number of anilines is 2.